The molecule has 5 rings (SSSR count). The molecule has 0 spiro atoms. The molecule has 33 heavy (non-hydrogen) atoms. The van der Waals surface area contributed by atoms with Crippen LogP contribution in [-0.4, -0.2) is 47.1 Å². The van der Waals surface area contributed by atoms with E-state index in [1.54, 1.807) is 0 Å². The van der Waals surface area contributed by atoms with Crippen molar-refractivity contribution in [2.24, 2.45) is 5.92 Å². The number of benzene rings is 1. The highest BCUT2D eigenvalue weighted by Gasteiger charge is 2.38. The number of anilines is 1. The minimum atomic E-state index is -0.277. The molecule has 1 saturated carbocycles. The molecule has 7 nitrogen and oxygen atoms in total. The minimum Gasteiger partial charge on any atom is -0.451 e. The van der Waals surface area contributed by atoms with Gasteiger partial charge in [-0.05, 0) is 61.3 Å². The van der Waals surface area contributed by atoms with Crippen molar-refractivity contribution in [2.45, 2.75) is 71.1 Å². The fourth-order valence-corrected chi connectivity index (χ4v) is 5.35. The van der Waals surface area contributed by atoms with Crippen LogP contribution in [0.5, 0.6) is 0 Å². The number of amides is 1. The zero-order valence-corrected chi connectivity index (χ0v) is 19.9. The number of aromatic nitrogens is 1. The Labute approximate surface area is 195 Å². The SMILES string of the molecule is CC(C)C1CN(c2cc(C3CC3)c3c(c2C#N)CC(C)(C)OC3)CCN1C(=O)c1cocn1. The van der Waals surface area contributed by atoms with E-state index in [9.17, 15) is 10.1 Å². The Kier molecular flexibility index (Phi) is 5.44. The predicted molar refractivity (Wildman–Crippen MR) is 124 cm³/mol. The molecular weight excluding hydrogens is 416 g/mol. The lowest BCUT2D eigenvalue weighted by Crippen LogP contribution is -2.57. The number of rotatable bonds is 4. The van der Waals surface area contributed by atoms with Gasteiger partial charge in [-0.3, -0.25) is 4.79 Å². The van der Waals surface area contributed by atoms with Crippen molar-refractivity contribution in [1.82, 2.24) is 9.88 Å². The Bertz CT molecular complexity index is 1100. The molecule has 0 N–H and O–H groups in total. The van der Waals surface area contributed by atoms with Crippen LogP contribution in [0.4, 0.5) is 5.69 Å². The Morgan fingerprint density at radius 1 is 1.27 bits per heavy atom. The Morgan fingerprint density at radius 2 is 2.06 bits per heavy atom. The van der Waals surface area contributed by atoms with Crippen LogP contribution in [0.3, 0.4) is 0 Å². The number of ether oxygens (including phenoxy) is 1. The molecule has 0 radical (unpaired) electrons. The maximum Gasteiger partial charge on any atom is 0.276 e. The van der Waals surface area contributed by atoms with Gasteiger partial charge in [0.15, 0.2) is 12.1 Å². The lowest BCUT2D eigenvalue weighted by Gasteiger charge is -2.45. The summed E-state index contributed by atoms with van der Waals surface area (Å²) in [6.07, 6.45) is 5.86. The van der Waals surface area contributed by atoms with Crippen molar-refractivity contribution in [1.29, 1.82) is 5.26 Å². The summed E-state index contributed by atoms with van der Waals surface area (Å²) in [5, 5.41) is 10.3. The van der Waals surface area contributed by atoms with Crippen LogP contribution in [0.15, 0.2) is 23.1 Å². The Balaban J connectivity index is 1.51. The van der Waals surface area contributed by atoms with E-state index in [0.717, 1.165) is 23.2 Å². The molecule has 0 bridgehead atoms. The topological polar surface area (TPSA) is 82.6 Å². The third kappa shape index (κ3) is 4.02. The van der Waals surface area contributed by atoms with Crippen LogP contribution >= 0.6 is 0 Å². The molecular formula is C26H32N4O3. The summed E-state index contributed by atoms with van der Waals surface area (Å²) in [5.41, 5.74) is 5.63. The highest BCUT2D eigenvalue weighted by molar-refractivity contribution is 5.92. The average molecular weight is 449 g/mol. The molecule has 1 unspecified atom stereocenters. The molecule has 1 aromatic carbocycles. The number of piperazine rings is 1. The first-order valence-corrected chi connectivity index (χ1v) is 12.0. The monoisotopic (exact) mass is 448 g/mol. The number of fused-ring (bicyclic) bond motifs is 1. The van der Waals surface area contributed by atoms with Crippen LogP contribution in [0, 0.1) is 17.2 Å². The Hall–Kier alpha value is -2.85. The van der Waals surface area contributed by atoms with Crippen molar-refractivity contribution in [3.8, 4) is 6.07 Å². The smallest absolute Gasteiger partial charge is 0.276 e. The first kappa shape index (κ1) is 22.0. The predicted octanol–water partition coefficient (Wildman–Crippen LogP) is 4.26. The first-order valence-electron chi connectivity index (χ1n) is 12.0. The van der Waals surface area contributed by atoms with Gasteiger partial charge in [0.1, 0.15) is 12.3 Å². The average Bonchev–Trinajstić information content (AvgIpc) is 3.49. The minimum absolute atomic E-state index is 0.0228. The molecule has 2 aliphatic heterocycles. The molecule has 7 heteroatoms. The van der Waals surface area contributed by atoms with E-state index < -0.39 is 0 Å². The van der Waals surface area contributed by atoms with Crippen molar-refractivity contribution >= 4 is 11.6 Å². The number of hydrogen-bond acceptors (Lipinski definition) is 6. The third-order valence-electron chi connectivity index (χ3n) is 7.34. The number of carbonyl (C=O) groups is 1. The number of hydrogen-bond donors (Lipinski definition) is 0. The summed E-state index contributed by atoms with van der Waals surface area (Å²) in [6, 6.07) is 4.82. The second kappa shape index (κ2) is 8.18. The van der Waals surface area contributed by atoms with Gasteiger partial charge in [-0.15, -0.1) is 0 Å². The fourth-order valence-electron chi connectivity index (χ4n) is 5.35. The highest BCUT2D eigenvalue weighted by atomic mass is 16.5. The summed E-state index contributed by atoms with van der Waals surface area (Å²) in [5.74, 6) is 0.749. The van der Waals surface area contributed by atoms with Gasteiger partial charge in [-0.25, -0.2) is 4.98 Å². The van der Waals surface area contributed by atoms with E-state index >= 15 is 0 Å². The normalized spacial score (nSPS) is 22.2. The zero-order chi connectivity index (χ0) is 23.3. The van der Waals surface area contributed by atoms with E-state index in [0.29, 0.717) is 37.9 Å². The maximum absolute atomic E-state index is 13.1. The van der Waals surface area contributed by atoms with Crippen LogP contribution in [0.2, 0.25) is 0 Å². The third-order valence-corrected chi connectivity index (χ3v) is 7.34. The highest BCUT2D eigenvalue weighted by Crippen LogP contribution is 2.47. The van der Waals surface area contributed by atoms with Gasteiger partial charge < -0.3 is 19.0 Å². The van der Waals surface area contributed by atoms with Crippen molar-refractivity contribution in [2.75, 3.05) is 24.5 Å². The van der Waals surface area contributed by atoms with Gasteiger partial charge in [-0.2, -0.15) is 5.26 Å². The molecule has 174 valence electrons. The molecule has 2 aromatic rings. The summed E-state index contributed by atoms with van der Waals surface area (Å²) < 4.78 is 11.2. The number of nitriles is 1. The van der Waals surface area contributed by atoms with E-state index in [4.69, 9.17) is 9.15 Å². The summed E-state index contributed by atoms with van der Waals surface area (Å²) in [4.78, 5) is 21.4. The van der Waals surface area contributed by atoms with E-state index in [2.05, 4.69) is 49.7 Å². The fraction of sp³-hybridized carbons (Fsp3) is 0.577. The van der Waals surface area contributed by atoms with E-state index in [-0.39, 0.29) is 23.5 Å². The van der Waals surface area contributed by atoms with E-state index in [1.807, 2.05) is 4.90 Å². The molecule has 1 aromatic heterocycles. The number of oxazole rings is 1. The van der Waals surface area contributed by atoms with E-state index in [1.165, 1.54) is 36.6 Å². The van der Waals surface area contributed by atoms with Crippen molar-refractivity contribution < 1.29 is 13.9 Å². The molecule has 1 saturated heterocycles. The largest absolute Gasteiger partial charge is 0.451 e. The molecule has 1 atom stereocenters. The lowest BCUT2D eigenvalue weighted by molar-refractivity contribution is -0.0405. The first-order chi connectivity index (χ1) is 15.8. The van der Waals surface area contributed by atoms with Crippen molar-refractivity contribution in [3.05, 3.63) is 46.7 Å². The molecule has 3 heterocycles. The van der Waals surface area contributed by atoms with Gasteiger partial charge in [0, 0.05) is 26.1 Å². The van der Waals surface area contributed by atoms with Crippen LogP contribution < -0.4 is 4.90 Å². The standard InChI is InChI=1S/C26H32N4O3/c1-16(2)24-12-29(7-8-30(24)25(31)22-14-32-15-28-22)23-9-18(17-5-6-17)21-13-33-26(3,4)10-19(21)20(23)11-27/h9,14-17,24H,5-8,10,12-13H2,1-4H3. The van der Waals surface area contributed by atoms with Crippen LogP contribution in [0.25, 0.3) is 0 Å². The van der Waals surface area contributed by atoms with Gasteiger partial charge >= 0.3 is 0 Å². The van der Waals surface area contributed by atoms with Crippen molar-refractivity contribution in [3.63, 3.8) is 0 Å². The Morgan fingerprint density at radius 3 is 2.70 bits per heavy atom. The molecule has 1 aliphatic carbocycles. The molecule has 2 fully saturated rings. The lowest BCUT2D eigenvalue weighted by atomic mass is 9.83. The molecule has 3 aliphatic rings. The number of nitrogens with zero attached hydrogens (tertiary/aromatic N) is 4. The van der Waals surface area contributed by atoms with Crippen LogP contribution in [-0.2, 0) is 17.8 Å². The van der Waals surface area contributed by atoms with Gasteiger partial charge in [-0.1, -0.05) is 13.8 Å². The second-order valence-corrected chi connectivity index (χ2v) is 10.6. The summed E-state index contributed by atoms with van der Waals surface area (Å²) >= 11 is 0. The second-order valence-electron chi connectivity index (χ2n) is 10.6. The zero-order valence-electron chi connectivity index (χ0n) is 19.9. The molecule has 1 amide bonds. The maximum atomic E-state index is 13.1. The van der Waals surface area contributed by atoms with Gasteiger partial charge in [0.25, 0.3) is 5.91 Å². The van der Waals surface area contributed by atoms with Gasteiger partial charge in [0.05, 0.1) is 29.5 Å². The summed E-state index contributed by atoms with van der Waals surface area (Å²) in [7, 11) is 0. The number of carbonyl (C=O) groups excluding carboxylic acids is 1. The summed E-state index contributed by atoms with van der Waals surface area (Å²) in [6.45, 7) is 11.0. The van der Waals surface area contributed by atoms with Gasteiger partial charge in [0.2, 0.25) is 0 Å². The quantitative estimate of drug-likeness (QED) is 0.695. The van der Waals surface area contributed by atoms with Crippen LogP contribution in [0.1, 0.15) is 79.2 Å².